The SMILES string of the molecule is c1coc(CN2CCN(c3ccc4ncnc(OCC5CC5)c4c3)CC2)n1. The maximum Gasteiger partial charge on any atom is 0.224 e. The molecule has 0 spiro atoms. The Kier molecular flexibility index (Phi) is 4.37. The van der Waals surface area contributed by atoms with Crippen molar-refractivity contribution in [2.45, 2.75) is 19.4 Å². The molecule has 7 nitrogen and oxygen atoms in total. The maximum absolute atomic E-state index is 5.97. The van der Waals surface area contributed by atoms with Gasteiger partial charge in [-0.2, -0.15) is 0 Å². The summed E-state index contributed by atoms with van der Waals surface area (Å²) in [4.78, 5) is 17.8. The number of oxazole rings is 1. The van der Waals surface area contributed by atoms with Crippen molar-refractivity contribution in [1.82, 2.24) is 19.9 Å². The molecule has 0 unspecified atom stereocenters. The monoisotopic (exact) mass is 365 g/mol. The Hall–Kier alpha value is -2.67. The Morgan fingerprint density at radius 2 is 1.96 bits per heavy atom. The molecule has 2 aromatic heterocycles. The van der Waals surface area contributed by atoms with Crippen molar-refractivity contribution >= 4 is 16.6 Å². The van der Waals surface area contributed by atoms with Crippen LogP contribution in [-0.2, 0) is 6.54 Å². The molecule has 0 atom stereocenters. The minimum atomic E-state index is 0.704. The van der Waals surface area contributed by atoms with E-state index in [9.17, 15) is 0 Å². The highest BCUT2D eigenvalue weighted by Crippen LogP contribution is 2.32. The van der Waals surface area contributed by atoms with Crippen LogP contribution >= 0.6 is 0 Å². The number of hydrogen-bond donors (Lipinski definition) is 0. The van der Waals surface area contributed by atoms with Crippen LogP contribution in [0, 0.1) is 5.92 Å². The second kappa shape index (κ2) is 7.15. The average Bonchev–Trinajstić information content (AvgIpc) is 3.41. The molecule has 3 aromatic rings. The summed E-state index contributed by atoms with van der Waals surface area (Å²) in [5.74, 6) is 2.19. The number of fused-ring (bicyclic) bond motifs is 1. The Morgan fingerprint density at radius 1 is 1.07 bits per heavy atom. The molecule has 7 heteroatoms. The average molecular weight is 365 g/mol. The van der Waals surface area contributed by atoms with E-state index in [0.717, 1.165) is 56.1 Å². The Balaban J connectivity index is 1.29. The molecule has 1 saturated carbocycles. The van der Waals surface area contributed by atoms with E-state index in [0.29, 0.717) is 11.8 Å². The highest BCUT2D eigenvalue weighted by molar-refractivity contribution is 5.86. The van der Waals surface area contributed by atoms with Gasteiger partial charge >= 0.3 is 0 Å². The van der Waals surface area contributed by atoms with Crippen molar-refractivity contribution in [3.63, 3.8) is 0 Å². The van der Waals surface area contributed by atoms with Gasteiger partial charge < -0.3 is 14.1 Å². The van der Waals surface area contributed by atoms with Gasteiger partial charge in [-0.1, -0.05) is 0 Å². The summed E-state index contributed by atoms with van der Waals surface area (Å²) in [6, 6.07) is 6.38. The van der Waals surface area contributed by atoms with Gasteiger partial charge in [-0.15, -0.1) is 0 Å². The van der Waals surface area contributed by atoms with Crippen molar-refractivity contribution in [3.05, 3.63) is 42.9 Å². The third kappa shape index (κ3) is 3.73. The lowest BCUT2D eigenvalue weighted by Gasteiger charge is -2.35. The number of hydrogen-bond acceptors (Lipinski definition) is 7. The van der Waals surface area contributed by atoms with Crippen molar-refractivity contribution in [2.24, 2.45) is 5.92 Å². The van der Waals surface area contributed by atoms with Gasteiger partial charge in [0.1, 0.15) is 12.6 Å². The first-order chi connectivity index (χ1) is 13.3. The summed E-state index contributed by atoms with van der Waals surface area (Å²) in [5.41, 5.74) is 2.13. The summed E-state index contributed by atoms with van der Waals surface area (Å²) in [7, 11) is 0. The first-order valence-corrected chi connectivity index (χ1v) is 9.58. The molecule has 2 fully saturated rings. The predicted octanol–water partition coefficient (Wildman–Crippen LogP) is 2.73. The number of rotatable bonds is 6. The fraction of sp³-hybridized carbons (Fsp3) is 0.450. The molecule has 27 heavy (non-hydrogen) atoms. The molecule has 5 rings (SSSR count). The normalized spacial score (nSPS) is 18.1. The predicted molar refractivity (Wildman–Crippen MR) is 102 cm³/mol. The lowest BCUT2D eigenvalue weighted by molar-refractivity contribution is 0.226. The fourth-order valence-electron chi connectivity index (χ4n) is 3.50. The van der Waals surface area contributed by atoms with E-state index in [2.05, 4.69) is 43.0 Å². The standard InChI is InChI=1S/C20H23N5O2/c1-2-15(1)13-27-20-17-11-16(3-4-18(17)22-14-23-20)25-8-6-24(7-9-25)12-19-21-5-10-26-19/h3-5,10-11,14-15H,1-2,6-9,12-13H2. The number of benzene rings is 1. The summed E-state index contributed by atoms with van der Waals surface area (Å²) < 4.78 is 11.3. The Labute approximate surface area is 158 Å². The summed E-state index contributed by atoms with van der Waals surface area (Å²) in [6.07, 6.45) is 7.46. The second-order valence-electron chi connectivity index (χ2n) is 7.32. The highest BCUT2D eigenvalue weighted by Gasteiger charge is 2.23. The topological polar surface area (TPSA) is 67.5 Å². The first-order valence-electron chi connectivity index (χ1n) is 9.58. The van der Waals surface area contributed by atoms with E-state index in [1.54, 1.807) is 18.8 Å². The van der Waals surface area contributed by atoms with Crippen molar-refractivity contribution < 1.29 is 9.15 Å². The summed E-state index contributed by atoms with van der Waals surface area (Å²) >= 11 is 0. The second-order valence-corrected chi connectivity index (χ2v) is 7.32. The van der Waals surface area contributed by atoms with Crippen LogP contribution < -0.4 is 9.64 Å². The van der Waals surface area contributed by atoms with Crippen LogP contribution in [-0.4, -0.2) is 52.6 Å². The Bertz CT molecular complexity index is 902. The van der Waals surface area contributed by atoms with Crippen molar-refractivity contribution in [3.8, 4) is 5.88 Å². The molecule has 3 heterocycles. The molecule has 1 aromatic carbocycles. The summed E-state index contributed by atoms with van der Waals surface area (Å²) in [6.45, 7) is 5.44. The van der Waals surface area contributed by atoms with Gasteiger partial charge in [-0.25, -0.2) is 15.0 Å². The van der Waals surface area contributed by atoms with E-state index in [1.165, 1.54) is 18.5 Å². The Morgan fingerprint density at radius 3 is 2.74 bits per heavy atom. The number of aromatic nitrogens is 3. The first kappa shape index (κ1) is 16.5. The molecule has 0 radical (unpaired) electrons. The van der Waals surface area contributed by atoms with Gasteiger partial charge in [0.05, 0.1) is 30.3 Å². The van der Waals surface area contributed by atoms with Gasteiger partial charge in [-0.05, 0) is 37.0 Å². The highest BCUT2D eigenvalue weighted by atomic mass is 16.5. The number of ether oxygens (including phenoxy) is 1. The van der Waals surface area contributed by atoms with Crippen LogP contribution in [0.5, 0.6) is 5.88 Å². The van der Waals surface area contributed by atoms with Crippen LogP contribution in [0.2, 0.25) is 0 Å². The molecular formula is C20H23N5O2. The van der Waals surface area contributed by atoms with Gasteiger partial charge in [-0.3, -0.25) is 4.90 Å². The van der Waals surface area contributed by atoms with Crippen LogP contribution in [0.3, 0.4) is 0 Å². The van der Waals surface area contributed by atoms with E-state index >= 15 is 0 Å². The molecule has 140 valence electrons. The van der Waals surface area contributed by atoms with Crippen molar-refractivity contribution in [1.29, 1.82) is 0 Å². The van der Waals surface area contributed by atoms with Crippen molar-refractivity contribution in [2.75, 3.05) is 37.7 Å². The molecular weight excluding hydrogens is 342 g/mol. The maximum atomic E-state index is 5.97. The molecule has 1 saturated heterocycles. The number of piperazine rings is 1. The lowest BCUT2D eigenvalue weighted by atomic mass is 10.2. The third-order valence-electron chi connectivity index (χ3n) is 5.31. The largest absolute Gasteiger partial charge is 0.477 e. The number of nitrogens with zero attached hydrogens (tertiary/aromatic N) is 5. The smallest absolute Gasteiger partial charge is 0.224 e. The van der Waals surface area contributed by atoms with Gasteiger partial charge in [0.2, 0.25) is 11.8 Å². The zero-order valence-corrected chi connectivity index (χ0v) is 15.3. The molecule has 1 aliphatic heterocycles. The zero-order chi connectivity index (χ0) is 18.1. The molecule has 1 aliphatic carbocycles. The minimum absolute atomic E-state index is 0.704. The number of anilines is 1. The zero-order valence-electron chi connectivity index (χ0n) is 15.3. The molecule has 0 bridgehead atoms. The van der Waals surface area contributed by atoms with E-state index in [-0.39, 0.29) is 0 Å². The third-order valence-corrected chi connectivity index (χ3v) is 5.31. The van der Waals surface area contributed by atoms with E-state index in [4.69, 9.17) is 9.15 Å². The van der Waals surface area contributed by atoms with Gasteiger partial charge in [0.25, 0.3) is 0 Å². The van der Waals surface area contributed by atoms with E-state index < -0.39 is 0 Å². The molecule has 0 amide bonds. The van der Waals surface area contributed by atoms with Crippen LogP contribution in [0.1, 0.15) is 18.7 Å². The summed E-state index contributed by atoms with van der Waals surface area (Å²) in [5, 5.41) is 0.998. The van der Waals surface area contributed by atoms with Crippen LogP contribution in [0.4, 0.5) is 5.69 Å². The van der Waals surface area contributed by atoms with Gasteiger partial charge in [0, 0.05) is 31.9 Å². The van der Waals surface area contributed by atoms with Crippen LogP contribution in [0.15, 0.2) is 41.4 Å². The van der Waals surface area contributed by atoms with E-state index in [1.807, 2.05) is 0 Å². The van der Waals surface area contributed by atoms with Crippen LogP contribution in [0.25, 0.3) is 10.9 Å². The quantitative estimate of drug-likeness (QED) is 0.665. The fourth-order valence-corrected chi connectivity index (χ4v) is 3.50. The molecule has 0 N–H and O–H groups in total. The minimum Gasteiger partial charge on any atom is -0.477 e. The van der Waals surface area contributed by atoms with Gasteiger partial charge in [0.15, 0.2) is 0 Å². The lowest BCUT2D eigenvalue weighted by Crippen LogP contribution is -2.46. The molecule has 2 aliphatic rings.